The Hall–Kier alpha value is -3.38. The van der Waals surface area contributed by atoms with Crippen molar-refractivity contribution in [3.8, 4) is 5.82 Å². The van der Waals surface area contributed by atoms with E-state index in [1.165, 1.54) is 4.57 Å². The maximum Gasteiger partial charge on any atom is 0.296 e. The molecule has 0 saturated carbocycles. The van der Waals surface area contributed by atoms with Crippen molar-refractivity contribution in [2.75, 3.05) is 70.2 Å². The molecule has 0 bridgehead atoms. The van der Waals surface area contributed by atoms with Crippen LogP contribution in [0.5, 0.6) is 0 Å². The van der Waals surface area contributed by atoms with Crippen molar-refractivity contribution in [3.05, 3.63) is 36.2 Å². The SMILES string of the molecule is C[C@H](Nc1nc(N2CCOCC2)cc(-n2c(C(F)F)nc3ccccc32)n1)C(=O)N1CCC(CN(C)C)CC1. The van der Waals surface area contributed by atoms with Gasteiger partial charge < -0.3 is 24.8 Å². The minimum absolute atomic E-state index is 0.0263. The summed E-state index contributed by atoms with van der Waals surface area (Å²) in [6, 6.07) is 8.09. The summed E-state index contributed by atoms with van der Waals surface area (Å²) in [5, 5.41) is 3.16. The standard InChI is InChI=1S/C27H36F2N8O2/c1-18(26(38)36-10-8-19(9-11-36)17-34(2)3)30-27-32-22(35-12-14-39-15-13-35)16-23(33-27)37-21-7-5-4-6-20(21)31-25(37)24(28)29/h4-7,16,18-19,24H,8-15,17H2,1-3H3,(H,30,32,33)/t18-/m0/s1. The highest BCUT2D eigenvalue weighted by Crippen LogP contribution is 2.29. The lowest BCUT2D eigenvalue weighted by Crippen LogP contribution is -2.46. The number of likely N-dealkylation sites (tertiary alicyclic amines) is 1. The zero-order valence-corrected chi connectivity index (χ0v) is 22.7. The fraction of sp³-hybridized carbons (Fsp3) is 0.556. The molecular weight excluding hydrogens is 506 g/mol. The molecule has 10 nitrogen and oxygen atoms in total. The lowest BCUT2D eigenvalue weighted by molar-refractivity contribution is -0.133. The summed E-state index contributed by atoms with van der Waals surface area (Å²) < 4.78 is 35.1. The molecule has 2 aromatic heterocycles. The first-order valence-electron chi connectivity index (χ1n) is 13.5. The van der Waals surface area contributed by atoms with Crippen LogP contribution in [0.1, 0.15) is 32.0 Å². The van der Waals surface area contributed by atoms with Crippen LogP contribution < -0.4 is 10.2 Å². The van der Waals surface area contributed by atoms with Gasteiger partial charge in [-0.05, 0) is 51.9 Å². The molecular formula is C27H36F2N8O2. The van der Waals surface area contributed by atoms with Crippen LogP contribution in [0, 0.1) is 5.92 Å². The number of hydrogen-bond acceptors (Lipinski definition) is 8. The molecule has 2 aliphatic heterocycles. The number of piperidine rings is 1. The number of benzene rings is 1. The molecule has 210 valence electrons. The van der Waals surface area contributed by atoms with Crippen molar-refractivity contribution in [3.63, 3.8) is 0 Å². The number of amides is 1. The topological polar surface area (TPSA) is 91.6 Å². The van der Waals surface area contributed by atoms with E-state index in [-0.39, 0.29) is 17.7 Å². The number of imidazole rings is 1. The minimum Gasteiger partial charge on any atom is -0.378 e. The summed E-state index contributed by atoms with van der Waals surface area (Å²) in [4.78, 5) is 32.9. The van der Waals surface area contributed by atoms with Gasteiger partial charge in [0.1, 0.15) is 17.7 Å². The third-order valence-electron chi connectivity index (χ3n) is 7.31. The smallest absolute Gasteiger partial charge is 0.296 e. The molecule has 39 heavy (non-hydrogen) atoms. The minimum atomic E-state index is -2.80. The van der Waals surface area contributed by atoms with Gasteiger partial charge in [0, 0.05) is 38.8 Å². The lowest BCUT2D eigenvalue weighted by atomic mass is 9.96. The van der Waals surface area contributed by atoms with Crippen LogP contribution in [0.15, 0.2) is 30.3 Å². The molecule has 1 aromatic carbocycles. The number of nitrogens with one attached hydrogen (secondary N) is 1. The fourth-order valence-corrected chi connectivity index (χ4v) is 5.37. The first kappa shape index (κ1) is 27.2. The quantitative estimate of drug-likeness (QED) is 0.464. The Kier molecular flexibility index (Phi) is 8.22. The van der Waals surface area contributed by atoms with E-state index in [2.05, 4.69) is 39.3 Å². The van der Waals surface area contributed by atoms with E-state index in [9.17, 15) is 13.6 Å². The molecule has 0 unspecified atom stereocenters. The number of alkyl halides is 2. The number of carbonyl (C=O) groups excluding carboxylic acids is 1. The van der Waals surface area contributed by atoms with Crippen molar-refractivity contribution < 1.29 is 18.3 Å². The van der Waals surface area contributed by atoms with Crippen LogP contribution in [-0.4, -0.2) is 101 Å². The molecule has 4 heterocycles. The van der Waals surface area contributed by atoms with Gasteiger partial charge in [0.25, 0.3) is 6.43 Å². The number of halogens is 2. The number of fused-ring (bicyclic) bond motifs is 1. The second kappa shape index (κ2) is 11.8. The van der Waals surface area contributed by atoms with Gasteiger partial charge in [0.15, 0.2) is 5.82 Å². The number of rotatable bonds is 8. The van der Waals surface area contributed by atoms with Crippen molar-refractivity contribution in [1.82, 2.24) is 29.3 Å². The van der Waals surface area contributed by atoms with Gasteiger partial charge in [0.05, 0.1) is 24.2 Å². The third kappa shape index (κ3) is 6.11. The Morgan fingerprint density at radius 3 is 2.46 bits per heavy atom. The molecule has 3 aromatic rings. The monoisotopic (exact) mass is 542 g/mol. The highest BCUT2D eigenvalue weighted by atomic mass is 19.3. The van der Waals surface area contributed by atoms with Crippen LogP contribution in [0.2, 0.25) is 0 Å². The van der Waals surface area contributed by atoms with Crippen molar-refractivity contribution in [1.29, 1.82) is 0 Å². The molecule has 12 heteroatoms. The van der Waals surface area contributed by atoms with E-state index in [0.29, 0.717) is 62.2 Å². The average Bonchev–Trinajstić information content (AvgIpc) is 3.33. The Labute approximate surface area is 227 Å². The maximum absolute atomic E-state index is 14.1. The Balaban J connectivity index is 1.43. The molecule has 1 amide bonds. The molecule has 2 fully saturated rings. The number of ether oxygens (including phenoxy) is 1. The average molecular weight is 543 g/mol. The van der Waals surface area contributed by atoms with Crippen molar-refractivity contribution in [2.45, 2.75) is 32.2 Å². The Bertz CT molecular complexity index is 1290. The summed E-state index contributed by atoms with van der Waals surface area (Å²) >= 11 is 0. The van der Waals surface area contributed by atoms with Gasteiger partial charge in [-0.1, -0.05) is 12.1 Å². The number of hydrogen-bond donors (Lipinski definition) is 1. The van der Waals surface area contributed by atoms with Crippen LogP contribution in [0.4, 0.5) is 20.5 Å². The van der Waals surface area contributed by atoms with Crippen LogP contribution in [0.3, 0.4) is 0 Å². The van der Waals surface area contributed by atoms with E-state index >= 15 is 0 Å². The Morgan fingerprint density at radius 2 is 1.77 bits per heavy atom. The zero-order chi connectivity index (χ0) is 27.5. The van der Waals surface area contributed by atoms with Gasteiger partial charge in [-0.25, -0.2) is 13.8 Å². The van der Waals surface area contributed by atoms with Crippen LogP contribution in [-0.2, 0) is 9.53 Å². The fourth-order valence-electron chi connectivity index (χ4n) is 5.37. The number of nitrogens with zero attached hydrogens (tertiary/aromatic N) is 7. The molecule has 0 radical (unpaired) electrons. The number of anilines is 2. The molecule has 1 atom stereocenters. The maximum atomic E-state index is 14.1. The summed E-state index contributed by atoms with van der Waals surface area (Å²) in [5.41, 5.74) is 0.977. The van der Waals surface area contributed by atoms with Gasteiger partial charge in [-0.3, -0.25) is 9.36 Å². The summed E-state index contributed by atoms with van der Waals surface area (Å²) in [5.74, 6) is 1.21. The van der Waals surface area contributed by atoms with Gasteiger partial charge in [-0.2, -0.15) is 9.97 Å². The first-order valence-corrected chi connectivity index (χ1v) is 13.5. The molecule has 0 spiro atoms. The second-order valence-electron chi connectivity index (χ2n) is 10.5. The Morgan fingerprint density at radius 1 is 1.08 bits per heavy atom. The summed E-state index contributed by atoms with van der Waals surface area (Å²) in [6.45, 7) is 6.52. The summed E-state index contributed by atoms with van der Waals surface area (Å²) in [7, 11) is 4.14. The molecule has 5 rings (SSSR count). The number of aromatic nitrogens is 4. The third-order valence-corrected chi connectivity index (χ3v) is 7.31. The number of carbonyl (C=O) groups is 1. The first-order chi connectivity index (χ1) is 18.8. The number of para-hydroxylation sites is 2. The van der Waals surface area contributed by atoms with E-state index in [1.54, 1.807) is 37.3 Å². The highest BCUT2D eigenvalue weighted by molar-refractivity contribution is 5.84. The van der Waals surface area contributed by atoms with E-state index in [4.69, 9.17) is 4.74 Å². The summed E-state index contributed by atoms with van der Waals surface area (Å²) in [6.07, 6.45) is -0.867. The van der Waals surface area contributed by atoms with Gasteiger partial charge >= 0.3 is 0 Å². The van der Waals surface area contributed by atoms with Gasteiger partial charge in [0.2, 0.25) is 11.9 Å². The molecule has 0 aliphatic carbocycles. The van der Waals surface area contributed by atoms with E-state index in [1.807, 2.05) is 9.80 Å². The zero-order valence-electron chi connectivity index (χ0n) is 22.7. The van der Waals surface area contributed by atoms with Crippen LogP contribution in [0.25, 0.3) is 16.9 Å². The van der Waals surface area contributed by atoms with Gasteiger partial charge in [-0.15, -0.1) is 0 Å². The van der Waals surface area contributed by atoms with E-state index < -0.39 is 18.3 Å². The largest absolute Gasteiger partial charge is 0.378 e. The van der Waals surface area contributed by atoms with Crippen molar-refractivity contribution >= 4 is 28.7 Å². The lowest BCUT2D eigenvalue weighted by Gasteiger charge is -2.34. The highest BCUT2D eigenvalue weighted by Gasteiger charge is 2.28. The van der Waals surface area contributed by atoms with Crippen LogP contribution >= 0.6 is 0 Å². The van der Waals surface area contributed by atoms with Crippen molar-refractivity contribution in [2.24, 2.45) is 5.92 Å². The predicted octanol–water partition coefficient (Wildman–Crippen LogP) is 3.19. The second-order valence-corrected chi connectivity index (χ2v) is 10.5. The normalized spacial score (nSPS) is 17.8. The molecule has 2 saturated heterocycles. The molecule has 1 N–H and O–H groups in total. The number of morpholine rings is 1. The predicted molar refractivity (Wildman–Crippen MR) is 146 cm³/mol. The molecule has 2 aliphatic rings. The van der Waals surface area contributed by atoms with E-state index in [0.717, 1.165) is 19.4 Å².